The molecule has 3 rings (SSSR count). The molecule has 1 atom stereocenters. The highest BCUT2D eigenvalue weighted by molar-refractivity contribution is 6.68. The van der Waals surface area contributed by atoms with Crippen molar-refractivity contribution in [3.8, 4) is 5.75 Å². The van der Waals surface area contributed by atoms with Crippen LogP contribution >= 0.6 is 34.8 Å². The van der Waals surface area contributed by atoms with Gasteiger partial charge in [0.25, 0.3) is 0 Å². The fourth-order valence-corrected chi connectivity index (χ4v) is 2.91. The molecular weight excluding hydrogens is 399 g/mol. The summed E-state index contributed by atoms with van der Waals surface area (Å²) in [6, 6.07) is 15.2. The molecule has 0 aromatic heterocycles. The van der Waals surface area contributed by atoms with E-state index in [4.69, 9.17) is 44.3 Å². The van der Waals surface area contributed by atoms with E-state index in [-0.39, 0.29) is 0 Å². The van der Waals surface area contributed by atoms with Crippen LogP contribution in [0.4, 0.5) is 0 Å². The number of carbonyl (C=O) groups excluding carboxylic acids is 2. The minimum Gasteiger partial charge on any atom is -0.454 e. The van der Waals surface area contributed by atoms with Crippen LogP contribution in [0.3, 0.4) is 0 Å². The van der Waals surface area contributed by atoms with Crippen molar-refractivity contribution in [3.63, 3.8) is 0 Å². The first-order valence-electron chi connectivity index (χ1n) is 7.78. The normalized spacial score (nSPS) is 19.7. The third-order valence-corrected chi connectivity index (χ3v) is 5.71. The molecule has 1 aliphatic rings. The molecule has 4 nitrogen and oxygen atoms in total. The second-order valence-electron chi connectivity index (χ2n) is 6.40. The van der Waals surface area contributed by atoms with Crippen molar-refractivity contribution < 1.29 is 19.1 Å². The van der Waals surface area contributed by atoms with Gasteiger partial charge in [-0.3, -0.25) is 4.79 Å². The standard InChI is InChI=1S/C19H15Cl3O4/c1-17(2,19(20,21)22)26-16(24)18(12-8-4-3-5-9-12)13-10-6-7-11-14(13)25-15(18)23/h3-11H,1-2H3/t18-/m1/s1. The molecule has 136 valence electrons. The van der Waals surface area contributed by atoms with Gasteiger partial charge in [0, 0.05) is 5.56 Å². The molecule has 0 bridgehead atoms. The van der Waals surface area contributed by atoms with Gasteiger partial charge in [-0.2, -0.15) is 0 Å². The lowest BCUT2D eigenvalue weighted by molar-refractivity contribution is -0.166. The van der Waals surface area contributed by atoms with E-state index in [0.717, 1.165) is 0 Å². The summed E-state index contributed by atoms with van der Waals surface area (Å²) in [7, 11) is 0. The number of hydrogen-bond acceptors (Lipinski definition) is 4. The van der Waals surface area contributed by atoms with Crippen LogP contribution in [0.2, 0.25) is 0 Å². The molecule has 0 saturated carbocycles. The zero-order valence-electron chi connectivity index (χ0n) is 14.0. The number of rotatable bonds is 3. The molecule has 1 heterocycles. The first kappa shape index (κ1) is 19.0. The van der Waals surface area contributed by atoms with Gasteiger partial charge in [-0.1, -0.05) is 83.3 Å². The largest absolute Gasteiger partial charge is 0.454 e. The third kappa shape index (κ3) is 2.86. The highest BCUT2D eigenvalue weighted by Gasteiger charge is 2.60. The molecule has 2 aromatic carbocycles. The molecule has 0 N–H and O–H groups in total. The lowest BCUT2D eigenvalue weighted by Gasteiger charge is -2.35. The molecule has 0 amide bonds. The fourth-order valence-electron chi connectivity index (χ4n) is 2.79. The Morgan fingerprint density at radius 2 is 1.58 bits per heavy atom. The molecule has 0 radical (unpaired) electrons. The summed E-state index contributed by atoms with van der Waals surface area (Å²) in [6.45, 7) is 2.92. The van der Waals surface area contributed by atoms with E-state index in [1.807, 2.05) is 0 Å². The summed E-state index contributed by atoms with van der Waals surface area (Å²) >= 11 is 17.8. The highest BCUT2D eigenvalue weighted by Crippen LogP contribution is 2.48. The Morgan fingerprint density at radius 3 is 2.19 bits per heavy atom. The summed E-state index contributed by atoms with van der Waals surface area (Å²) < 4.78 is 9.01. The first-order chi connectivity index (χ1) is 12.1. The smallest absolute Gasteiger partial charge is 0.338 e. The quantitative estimate of drug-likeness (QED) is 0.320. The van der Waals surface area contributed by atoms with Crippen molar-refractivity contribution >= 4 is 46.7 Å². The van der Waals surface area contributed by atoms with Crippen LogP contribution in [-0.4, -0.2) is 21.3 Å². The minimum atomic E-state index is -1.89. The molecule has 0 fully saturated rings. The zero-order chi connectivity index (χ0) is 19.2. The predicted octanol–water partition coefficient (Wildman–Crippen LogP) is 4.58. The molecular formula is C19H15Cl3O4. The number of fused-ring (bicyclic) bond motifs is 1. The van der Waals surface area contributed by atoms with Gasteiger partial charge in [-0.05, 0) is 25.5 Å². The number of benzene rings is 2. The average molecular weight is 414 g/mol. The van der Waals surface area contributed by atoms with Crippen molar-refractivity contribution in [1.82, 2.24) is 0 Å². The van der Waals surface area contributed by atoms with E-state index in [2.05, 4.69) is 0 Å². The summed E-state index contributed by atoms with van der Waals surface area (Å²) in [5, 5.41) is 0. The van der Waals surface area contributed by atoms with Gasteiger partial charge in [-0.15, -0.1) is 0 Å². The van der Waals surface area contributed by atoms with E-state index in [0.29, 0.717) is 16.9 Å². The second-order valence-corrected chi connectivity index (χ2v) is 8.68. The number of hydrogen-bond donors (Lipinski definition) is 0. The SMILES string of the molecule is CC(C)(OC(=O)[C@@]1(c2ccccc2)C(=O)Oc2ccccc21)C(Cl)(Cl)Cl. The summed E-state index contributed by atoms with van der Waals surface area (Å²) in [5.41, 5.74) is -2.46. The number of alkyl halides is 3. The van der Waals surface area contributed by atoms with Crippen LogP contribution in [0.5, 0.6) is 5.75 Å². The highest BCUT2D eigenvalue weighted by atomic mass is 35.6. The van der Waals surface area contributed by atoms with Gasteiger partial charge in [0.1, 0.15) is 5.75 Å². The van der Waals surface area contributed by atoms with Crippen molar-refractivity contribution in [2.24, 2.45) is 0 Å². The van der Waals surface area contributed by atoms with Crippen LogP contribution in [-0.2, 0) is 19.7 Å². The Bertz CT molecular complexity index is 859. The lowest BCUT2D eigenvalue weighted by Crippen LogP contribution is -2.50. The van der Waals surface area contributed by atoms with Crippen molar-refractivity contribution in [3.05, 3.63) is 65.7 Å². The van der Waals surface area contributed by atoms with E-state index in [1.165, 1.54) is 13.8 Å². The molecule has 0 aliphatic carbocycles. The maximum absolute atomic E-state index is 13.3. The molecule has 1 aliphatic heterocycles. The van der Waals surface area contributed by atoms with Gasteiger partial charge in [0.2, 0.25) is 9.21 Å². The number of para-hydroxylation sites is 1. The lowest BCUT2D eigenvalue weighted by atomic mass is 9.75. The van der Waals surface area contributed by atoms with E-state index in [1.54, 1.807) is 54.6 Å². The summed E-state index contributed by atoms with van der Waals surface area (Å²) in [4.78, 5) is 26.2. The van der Waals surface area contributed by atoms with Crippen LogP contribution in [0.1, 0.15) is 25.0 Å². The predicted molar refractivity (Wildman–Crippen MR) is 99.8 cm³/mol. The number of ether oxygens (including phenoxy) is 2. The number of esters is 2. The van der Waals surface area contributed by atoms with Crippen molar-refractivity contribution in [1.29, 1.82) is 0 Å². The molecule has 0 spiro atoms. The van der Waals surface area contributed by atoms with Crippen LogP contribution < -0.4 is 4.74 Å². The fraction of sp³-hybridized carbons (Fsp3) is 0.263. The van der Waals surface area contributed by atoms with E-state index in [9.17, 15) is 9.59 Å². The molecule has 7 heteroatoms. The Morgan fingerprint density at radius 1 is 1.00 bits per heavy atom. The van der Waals surface area contributed by atoms with Gasteiger partial charge in [0.15, 0.2) is 5.60 Å². The van der Waals surface area contributed by atoms with Crippen LogP contribution in [0, 0.1) is 0 Å². The van der Waals surface area contributed by atoms with Crippen molar-refractivity contribution in [2.45, 2.75) is 28.7 Å². The van der Waals surface area contributed by atoms with Crippen LogP contribution in [0.15, 0.2) is 54.6 Å². The summed E-state index contributed by atoms with van der Waals surface area (Å²) in [6.07, 6.45) is 0. The second kappa shape index (κ2) is 6.45. The van der Waals surface area contributed by atoms with Crippen LogP contribution in [0.25, 0.3) is 0 Å². The molecule has 0 saturated heterocycles. The molecule has 0 unspecified atom stereocenters. The number of carbonyl (C=O) groups is 2. The minimum absolute atomic E-state index is 0.296. The molecule has 26 heavy (non-hydrogen) atoms. The van der Waals surface area contributed by atoms with Gasteiger partial charge in [0.05, 0.1) is 0 Å². The Hall–Kier alpha value is -1.75. The Labute approximate surface area is 165 Å². The van der Waals surface area contributed by atoms with Crippen molar-refractivity contribution in [2.75, 3.05) is 0 Å². The van der Waals surface area contributed by atoms with Gasteiger partial charge in [-0.25, -0.2) is 4.79 Å². The number of halogens is 3. The Kier molecular flexibility index (Phi) is 4.72. The van der Waals surface area contributed by atoms with Gasteiger partial charge < -0.3 is 9.47 Å². The maximum Gasteiger partial charge on any atom is 0.338 e. The zero-order valence-corrected chi connectivity index (χ0v) is 16.2. The topological polar surface area (TPSA) is 52.6 Å². The molecule has 2 aromatic rings. The van der Waals surface area contributed by atoms with E-state index < -0.39 is 26.7 Å². The monoisotopic (exact) mass is 412 g/mol. The van der Waals surface area contributed by atoms with Gasteiger partial charge >= 0.3 is 11.9 Å². The average Bonchev–Trinajstić information content (AvgIpc) is 2.87. The maximum atomic E-state index is 13.3. The Balaban J connectivity index is 2.19. The third-order valence-electron chi connectivity index (χ3n) is 4.34. The summed E-state index contributed by atoms with van der Waals surface area (Å²) in [5.74, 6) is -1.32. The first-order valence-corrected chi connectivity index (χ1v) is 8.91. The van der Waals surface area contributed by atoms with E-state index >= 15 is 0 Å².